The Morgan fingerprint density at radius 2 is 2.07 bits per heavy atom. The van der Waals surface area contributed by atoms with E-state index in [2.05, 4.69) is 46.0 Å². The van der Waals surface area contributed by atoms with Gasteiger partial charge in [-0.25, -0.2) is 0 Å². The van der Waals surface area contributed by atoms with Crippen molar-refractivity contribution in [1.29, 1.82) is 0 Å². The van der Waals surface area contributed by atoms with E-state index >= 15 is 0 Å². The molecule has 0 saturated heterocycles. The smallest absolute Gasteiger partial charge is 0.0763 e. The molecule has 0 aliphatic rings. The molecule has 15 heavy (non-hydrogen) atoms. The second-order valence-corrected chi connectivity index (χ2v) is 4.58. The average Bonchev–Trinajstić information content (AvgIpc) is 2.21. The predicted octanol–water partition coefficient (Wildman–Crippen LogP) is 2.18. The average molecular weight is 272 g/mol. The molecule has 84 valence electrons. The molecule has 1 rings (SSSR count). The molecule has 0 aliphatic carbocycles. The molecular weight excluding hydrogens is 254 g/mol. The van der Waals surface area contributed by atoms with Crippen LogP contribution in [0, 0.1) is 6.92 Å². The zero-order valence-electron chi connectivity index (χ0n) is 9.28. The minimum Gasteiger partial charge on any atom is -0.391 e. The van der Waals surface area contributed by atoms with E-state index in [4.69, 9.17) is 0 Å². The minimum absolute atomic E-state index is 0.293. The van der Waals surface area contributed by atoms with Crippen LogP contribution < -0.4 is 0 Å². The summed E-state index contributed by atoms with van der Waals surface area (Å²) in [4.78, 5) is 2.13. The van der Waals surface area contributed by atoms with Gasteiger partial charge in [-0.3, -0.25) is 4.90 Å². The molecule has 1 aromatic rings. The largest absolute Gasteiger partial charge is 0.391 e. The first-order chi connectivity index (χ1) is 7.13. The van der Waals surface area contributed by atoms with Gasteiger partial charge in [0.1, 0.15) is 0 Å². The first-order valence-electron chi connectivity index (χ1n) is 5.10. The number of likely N-dealkylation sites (N-methyl/N-ethyl adjacent to an activating group) is 1. The van der Waals surface area contributed by atoms with Crippen molar-refractivity contribution in [2.24, 2.45) is 0 Å². The second-order valence-electron chi connectivity index (χ2n) is 3.93. The van der Waals surface area contributed by atoms with Gasteiger partial charge in [-0.2, -0.15) is 0 Å². The molecule has 0 heterocycles. The number of nitrogens with zero attached hydrogens (tertiary/aromatic N) is 1. The molecule has 0 saturated carbocycles. The lowest BCUT2D eigenvalue weighted by atomic mass is 10.1. The molecule has 0 aromatic heterocycles. The second kappa shape index (κ2) is 6.26. The van der Waals surface area contributed by atoms with Gasteiger partial charge in [0.15, 0.2) is 0 Å². The number of hydrogen-bond acceptors (Lipinski definition) is 2. The van der Waals surface area contributed by atoms with Crippen molar-refractivity contribution in [2.45, 2.75) is 19.6 Å². The molecule has 2 nitrogen and oxygen atoms in total. The summed E-state index contributed by atoms with van der Waals surface area (Å²) in [7, 11) is 2.03. The maximum absolute atomic E-state index is 9.49. The zero-order chi connectivity index (χ0) is 11.3. The van der Waals surface area contributed by atoms with Crippen LogP contribution in [0.3, 0.4) is 0 Å². The maximum atomic E-state index is 9.49. The molecule has 1 N–H and O–H groups in total. The molecule has 0 bridgehead atoms. The molecule has 0 amide bonds. The Kier molecular flexibility index (Phi) is 5.29. The summed E-state index contributed by atoms with van der Waals surface area (Å²) in [6.07, 6.45) is -0.293. The molecule has 0 fully saturated rings. The monoisotopic (exact) mass is 271 g/mol. The summed E-state index contributed by atoms with van der Waals surface area (Å²) in [6, 6.07) is 8.35. The van der Waals surface area contributed by atoms with E-state index in [1.165, 1.54) is 11.1 Å². The number of hydrogen-bond donors (Lipinski definition) is 1. The highest BCUT2D eigenvalue weighted by Crippen LogP contribution is 2.09. The van der Waals surface area contributed by atoms with Crippen molar-refractivity contribution < 1.29 is 5.11 Å². The third-order valence-corrected chi connectivity index (χ3v) is 3.15. The molecule has 0 aliphatic heterocycles. The normalized spacial score (nSPS) is 13.1. The summed E-state index contributed by atoms with van der Waals surface area (Å²) in [5.41, 5.74) is 2.62. The number of rotatable bonds is 5. The molecular formula is C12H18BrNO. The van der Waals surface area contributed by atoms with Gasteiger partial charge in [0.2, 0.25) is 0 Å². The van der Waals surface area contributed by atoms with Crippen molar-refractivity contribution in [1.82, 2.24) is 4.90 Å². The van der Waals surface area contributed by atoms with Gasteiger partial charge in [-0.05, 0) is 25.1 Å². The Bertz CT molecular complexity index is 303. The predicted molar refractivity (Wildman–Crippen MR) is 67.3 cm³/mol. The van der Waals surface area contributed by atoms with Crippen LogP contribution in [-0.2, 0) is 6.54 Å². The molecule has 0 spiro atoms. The van der Waals surface area contributed by atoms with Crippen LogP contribution in [0.2, 0.25) is 0 Å². The quantitative estimate of drug-likeness (QED) is 0.830. The van der Waals surface area contributed by atoms with Crippen LogP contribution in [-0.4, -0.2) is 35.0 Å². The summed E-state index contributed by atoms with van der Waals surface area (Å²) in [5.74, 6) is 0. The number of aliphatic hydroxyl groups excluding tert-OH is 1. The lowest BCUT2D eigenvalue weighted by Crippen LogP contribution is -2.29. The summed E-state index contributed by atoms with van der Waals surface area (Å²) < 4.78 is 0. The SMILES string of the molecule is Cc1ccccc1CN(C)CC(O)CBr. The number of aliphatic hydroxyl groups is 1. The van der Waals surface area contributed by atoms with Crippen LogP contribution >= 0.6 is 15.9 Å². The lowest BCUT2D eigenvalue weighted by molar-refractivity contribution is 0.143. The van der Waals surface area contributed by atoms with Crippen LogP contribution in [0.4, 0.5) is 0 Å². The van der Waals surface area contributed by atoms with E-state index in [1.54, 1.807) is 0 Å². The molecule has 1 unspecified atom stereocenters. The van der Waals surface area contributed by atoms with Crippen molar-refractivity contribution >= 4 is 15.9 Å². The van der Waals surface area contributed by atoms with Gasteiger partial charge in [0, 0.05) is 18.4 Å². The van der Waals surface area contributed by atoms with E-state index < -0.39 is 0 Å². The van der Waals surface area contributed by atoms with Crippen molar-refractivity contribution in [3.63, 3.8) is 0 Å². The molecule has 3 heteroatoms. The highest BCUT2D eigenvalue weighted by molar-refractivity contribution is 9.09. The Morgan fingerprint density at radius 1 is 1.40 bits per heavy atom. The van der Waals surface area contributed by atoms with Crippen LogP contribution in [0.5, 0.6) is 0 Å². The molecule has 0 radical (unpaired) electrons. The number of benzene rings is 1. The molecule has 1 aromatic carbocycles. The van der Waals surface area contributed by atoms with E-state index in [1.807, 2.05) is 13.1 Å². The standard InChI is InChI=1S/C12H18BrNO/c1-10-5-3-4-6-11(10)8-14(2)9-12(15)7-13/h3-6,12,15H,7-9H2,1-2H3. The van der Waals surface area contributed by atoms with E-state index in [0.29, 0.717) is 11.9 Å². The topological polar surface area (TPSA) is 23.5 Å². The number of alkyl halides is 1. The first-order valence-corrected chi connectivity index (χ1v) is 6.22. The van der Waals surface area contributed by atoms with Gasteiger partial charge in [-0.1, -0.05) is 40.2 Å². The number of aryl methyl sites for hydroxylation is 1. The molecule has 1 atom stereocenters. The van der Waals surface area contributed by atoms with Gasteiger partial charge in [-0.15, -0.1) is 0 Å². The highest BCUT2D eigenvalue weighted by Gasteiger charge is 2.07. The lowest BCUT2D eigenvalue weighted by Gasteiger charge is -2.20. The highest BCUT2D eigenvalue weighted by atomic mass is 79.9. The summed E-state index contributed by atoms with van der Waals surface area (Å²) in [6.45, 7) is 3.69. The first kappa shape index (κ1) is 12.7. The summed E-state index contributed by atoms with van der Waals surface area (Å²) in [5, 5.41) is 10.1. The van der Waals surface area contributed by atoms with E-state index in [0.717, 1.165) is 6.54 Å². The Labute approximate surface area is 100 Å². The van der Waals surface area contributed by atoms with Crippen LogP contribution in [0.15, 0.2) is 24.3 Å². The number of halogens is 1. The zero-order valence-corrected chi connectivity index (χ0v) is 10.9. The Balaban J connectivity index is 2.51. The minimum atomic E-state index is -0.293. The Hall–Kier alpha value is -0.380. The fourth-order valence-corrected chi connectivity index (χ4v) is 1.76. The van der Waals surface area contributed by atoms with Crippen molar-refractivity contribution in [3.8, 4) is 0 Å². The third-order valence-electron chi connectivity index (χ3n) is 2.40. The fourth-order valence-electron chi connectivity index (χ4n) is 1.55. The van der Waals surface area contributed by atoms with E-state index in [9.17, 15) is 5.11 Å². The van der Waals surface area contributed by atoms with Crippen molar-refractivity contribution in [3.05, 3.63) is 35.4 Å². The third kappa shape index (κ3) is 4.33. The van der Waals surface area contributed by atoms with Crippen molar-refractivity contribution in [2.75, 3.05) is 18.9 Å². The summed E-state index contributed by atoms with van der Waals surface area (Å²) >= 11 is 3.27. The van der Waals surface area contributed by atoms with Gasteiger partial charge >= 0.3 is 0 Å². The Morgan fingerprint density at radius 3 is 2.67 bits per heavy atom. The van der Waals surface area contributed by atoms with Gasteiger partial charge in [0.05, 0.1) is 6.10 Å². The van der Waals surface area contributed by atoms with Gasteiger partial charge in [0.25, 0.3) is 0 Å². The van der Waals surface area contributed by atoms with Crippen LogP contribution in [0.1, 0.15) is 11.1 Å². The van der Waals surface area contributed by atoms with E-state index in [-0.39, 0.29) is 6.10 Å². The van der Waals surface area contributed by atoms with Gasteiger partial charge < -0.3 is 5.11 Å². The maximum Gasteiger partial charge on any atom is 0.0763 e. The fraction of sp³-hybridized carbons (Fsp3) is 0.500. The van der Waals surface area contributed by atoms with Crippen LogP contribution in [0.25, 0.3) is 0 Å².